The fourth-order valence-electron chi connectivity index (χ4n) is 2.26. The van der Waals surface area contributed by atoms with Gasteiger partial charge in [0.1, 0.15) is 5.82 Å². The molecule has 1 atom stereocenters. The number of imidazole rings is 1. The molecule has 2 rings (SSSR count). The lowest BCUT2D eigenvalue weighted by Gasteiger charge is -2.06. The first-order valence-corrected chi connectivity index (χ1v) is 7.14. The minimum absolute atomic E-state index is 0.0121. The van der Waals surface area contributed by atoms with E-state index in [9.17, 15) is 0 Å². The van der Waals surface area contributed by atoms with Crippen LogP contribution in [-0.4, -0.2) is 9.97 Å². The number of nitrogens with two attached hydrogens (primary N) is 1. The van der Waals surface area contributed by atoms with E-state index in [4.69, 9.17) is 5.73 Å². The highest BCUT2D eigenvalue weighted by atomic mass is 15.0. The van der Waals surface area contributed by atoms with Crippen LogP contribution >= 0.6 is 0 Å². The fraction of sp³-hybridized carbons (Fsp3) is 0.438. The normalized spacial score (nSPS) is 12.6. The van der Waals surface area contributed by atoms with E-state index in [1.165, 1.54) is 17.5 Å². The molecule has 102 valence electrons. The van der Waals surface area contributed by atoms with Gasteiger partial charge in [-0.25, -0.2) is 4.98 Å². The van der Waals surface area contributed by atoms with Crippen LogP contribution < -0.4 is 5.73 Å². The summed E-state index contributed by atoms with van der Waals surface area (Å²) in [4.78, 5) is 7.72. The summed E-state index contributed by atoms with van der Waals surface area (Å²) in [7, 11) is 0. The number of hydrogen-bond acceptors (Lipinski definition) is 2. The molecule has 0 fully saturated rings. The van der Waals surface area contributed by atoms with Crippen LogP contribution in [0.1, 0.15) is 50.5 Å². The Labute approximate surface area is 115 Å². The number of H-pyrrole nitrogens is 1. The molecule has 3 nitrogen and oxygen atoms in total. The predicted molar refractivity (Wildman–Crippen MR) is 79.9 cm³/mol. The Kier molecular flexibility index (Phi) is 4.74. The van der Waals surface area contributed by atoms with Gasteiger partial charge in [-0.3, -0.25) is 0 Å². The van der Waals surface area contributed by atoms with Crippen molar-refractivity contribution in [3.05, 3.63) is 41.9 Å². The third-order valence-corrected chi connectivity index (χ3v) is 3.35. The van der Waals surface area contributed by atoms with Crippen molar-refractivity contribution in [2.24, 2.45) is 5.73 Å². The largest absolute Gasteiger partial charge is 0.341 e. The topological polar surface area (TPSA) is 54.7 Å². The van der Waals surface area contributed by atoms with Crippen LogP contribution in [0.3, 0.4) is 0 Å². The number of aromatic nitrogens is 2. The SMILES string of the molecule is CCCc1ccc(-c2cnc(C(N)CCC)[nH]2)cc1. The monoisotopic (exact) mass is 257 g/mol. The lowest BCUT2D eigenvalue weighted by molar-refractivity contribution is 0.609. The quantitative estimate of drug-likeness (QED) is 0.826. The third kappa shape index (κ3) is 3.44. The summed E-state index contributed by atoms with van der Waals surface area (Å²) < 4.78 is 0. The van der Waals surface area contributed by atoms with E-state index in [0.29, 0.717) is 0 Å². The van der Waals surface area contributed by atoms with Gasteiger partial charge in [0.05, 0.1) is 17.9 Å². The molecule has 19 heavy (non-hydrogen) atoms. The second-order valence-electron chi connectivity index (χ2n) is 5.02. The fourth-order valence-corrected chi connectivity index (χ4v) is 2.26. The molecule has 0 saturated carbocycles. The standard InChI is InChI=1S/C16H23N3/c1-3-5-12-7-9-13(10-8-12)15-11-18-16(19-15)14(17)6-4-2/h7-11,14H,3-6,17H2,1-2H3,(H,18,19). The zero-order chi connectivity index (χ0) is 13.7. The molecular formula is C16H23N3. The lowest BCUT2D eigenvalue weighted by atomic mass is 10.1. The Balaban J connectivity index is 2.13. The highest BCUT2D eigenvalue weighted by molar-refractivity contribution is 5.58. The maximum atomic E-state index is 6.07. The van der Waals surface area contributed by atoms with Gasteiger partial charge in [0.2, 0.25) is 0 Å². The smallest absolute Gasteiger partial charge is 0.123 e. The molecule has 3 heteroatoms. The van der Waals surface area contributed by atoms with E-state index in [2.05, 4.69) is 48.1 Å². The molecule has 1 unspecified atom stereocenters. The van der Waals surface area contributed by atoms with E-state index >= 15 is 0 Å². The first-order chi connectivity index (χ1) is 9.24. The van der Waals surface area contributed by atoms with E-state index in [-0.39, 0.29) is 6.04 Å². The number of nitrogens with zero attached hydrogens (tertiary/aromatic N) is 1. The average Bonchev–Trinajstić information content (AvgIpc) is 2.90. The van der Waals surface area contributed by atoms with Crippen molar-refractivity contribution in [1.82, 2.24) is 9.97 Å². The van der Waals surface area contributed by atoms with Crippen LogP contribution in [0.25, 0.3) is 11.3 Å². The van der Waals surface area contributed by atoms with Gasteiger partial charge in [0.15, 0.2) is 0 Å². The van der Waals surface area contributed by atoms with Gasteiger partial charge in [-0.1, -0.05) is 51.0 Å². The van der Waals surface area contributed by atoms with Crippen molar-refractivity contribution in [2.45, 2.75) is 45.6 Å². The molecule has 2 aromatic rings. The molecule has 0 radical (unpaired) electrons. The maximum absolute atomic E-state index is 6.07. The molecule has 0 aliphatic heterocycles. The second kappa shape index (κ2) is 6.53. The number of hydrogen-bond donors (Lipinski definition) is 2. The molecule has 0 saturated heterocycles. The van der Waals surface area contributed by atoms with Crippen LogP contribution in [-0.2, 0) is 6.42 Å². The molecule has 0 spiro atoms. The lowest BCUT2D eigenvalue weighted by Crippen LogP contribution is -2.11. The van der Waals surface area contributed by atoms with Crippen LogP contribution in [0.5, 0.6) is 0 Å². The summed E-state index contributed by atoms with van der Waals surface area (Å²) in [6, 6.07) is 8.68. The Bertz CT molecular complexity index is 499. The molecule has 0 aliphatic rings. The minimum atomic E-state index is 0.0121. The van der Waals surface area contributed by atoms with Crippen molar-refractivity contribution < 1.29 is 0 Å². The third-order valence-electron chi connectivity index (χ3n) is 3.35. The molecule has 1 aromatic carbocycles. The van der Waals surface area contributed by atoms with E-state index in [1.807, 2.05) is 6.20 Å². The molecule has 1 aromatic heterocycles. The Morgan fingerprint density at radius 2 is 1.89 bits per heavy atom. The molecule has 3 N–H and O–H groups in total. The number of nitrogens with one attached hydrogen (secondary N) is 1. The Hall–Kier alpha value is -1.61. The molecule has 0 bridgehead atoms. The number of benzene rings is 1. The van der Waals surface area contributed by atoms with E-state index < -0.39 is 0 Å². The number of aromatic amines is 1. The zero-order valence-corrected chi connectivity index (χ0v) is 11.8. The van der Waals surface area contributed by atoms with E-state index in [0.717, 1.165) is 30.8 Å². The van der Waals surface area contributed by atoms with Crippen LogP contribution in [0, 0.1) is 0 Å². The molecule has 0 aliphatic carbocycles. The highest BCUT2D eigenvalue weighted by Crippen LogP contribution is 2.21. The van der Waals surface area contributed by atoms with Gasteiger partial charge in [0, 0.05) is 0 Å². The van der Waals surface area contributed by atoms with Gasteiger partial charge >= 0.3 is 0 Å². The summed E-state index contributed by atoms with van der Waals surface area (Å²) >= 11 is 0. The number of aryl methyl sites for hydroxylation is 1. The van der Waals surface area contributed by atoms with Gasteiger partial charge in [-0.15, -0.1) is 0 Å². The van der Waals surface area contributed by atoms with Gasteiger partial charge in [-0.05, 0) is 24.0 Å². The second-order valence-corrected chi connectivity index (χ2v) is 5.02. The maximum Gasteiger partial charge on any atom is 0.123 e. The Morgan fingerprint density at radius 3 is 2.53 bits per heavy atom. The molecular weight excluding hydrogens is 234 g/mol. The van der Waals surface area contributed by atoms with Crippen molar-refractivity contribution in [2.75, 3.05) is 0 Å². The van der Waals surface area contributed by atoms with Crippen molar-refractivity contribution in [3.63, 3.8) is 0 Å². The average molecular weight is 257 g/mol. The first-order valence-electron chi connectivity index (χ1n) is 7.14. The van der Waals surface area contributed by atoms with Crippen molar-refractivity contribution in [3.8, 4) is 11.3 Å². The van der Waals surface area contributed by atoms with Crippen molar-refractivity contribution in [1.29, 1.82) is 0 Å². The summed E-state index contributed by atoms with van der Waals surface area (Å²) in [6.07, 6.45) is 6.22. The summed E-state index contributed by atoms with van der Waals surface area (Å²) in [5.41, 5.74) is 9.66. The molecule has 0 amide bonds. The molecule has 1 heterocycles. The van der Waals surface area contributed by atoms with Crippen LogP contribution in [0.4, 0.5) is 0 Å². The summed E-state index contributed by atoms with van der Waals surface area (Å²) in [6.45, 7) is 4.33. The first kappa shape index (κ1) is 13.8. The van der Waals surface area contributed by atoms with Crippen LogP contribution in [0.2, 0.25) is 0 Å². The predicted octanol–water partition coefficient (Wildman–Crippen LogP) is 3.83. The van der Waals surface area contributed by atoms with Gasteiger partial charge in [-0.2, -0.15) is 0 Å². The number of rotatable bonds is 6. The zero-order valence-electron chi connectivity index (χ0n) is 11.8. The van der Waals surface area contributed by atoms with Gasteiger partial charge < -0.3 is 10.7 Å². The summed E-state index contributed by atoms with van der Waals surface area (Å²) in [5.74, 6) is 0.884. The summed E-state index contributed by atoms with van der Waals surface area (Å²) in [5, 5.41) is 0. The minimum Gasteiger partial charge on any atom is -0.341 e. The van der Waals surface area contributed by atoms with Gasteiger partial charge in [0.25, 0.3) is 0 Å². The highest BCUT2D eigenvalue weighted by Gasteiger charge is 2.09. The Morgan fingerprint density at radius 1 is 1.16 bits per heavy atom. The van der Waals surface area contributed by atoms with Crippen molar-refractivity contribution >= 4 is 0 Å². The van der Waals surface area contributed by atoms with Crippen LogP contribution in [0.15, 0.2) is 30.5 Å². The van der Waals surface area contributed by atoms with E-state index in [1.54, 1.807) is 0 Å².